The molecule has 2 rings (SSSR count). The molecule has 1 saturated heterocycles. The van der Waals surface area contributed by atoms with E-state index < -0.39 is 11.4 Å². The van der Waals surface area contributed by atoms with Crippen molar-refractivity contribution in [2.75, 3.05) is 25.1 Å². The van der Waals surface area contributed by atoms with Crippen molar-refractivity contribution >= 4 is 11.8 Å². The van der Waals surface area contributed by atoms with Crippen molar-refractivity contribution in [3.8, 4) is 5.88 Å². The van der Waals surface area contributed by atoms with Crippen LogP contribution in [-0.2, 0) is 4.79 Å². The molecule has 1 aliphatic rings. The maximum atomic E-state index is 11.6. The number of hydrogen-bond acceptors (Lipinski definition) is 5. The quantitative estimate of drug-likeness (QED) is 0.887. The monoisotopic (exact) mass is 265 g/mol. The van der Waals surface area contributed by atoms with Crippen LogP contribution in [0.5, 0.6) is 5.88 Å². The normalized spacial score (nSPS) is 22.8. The SMILES string of the molecule is COc1cc(N2CCC(C(=O)O)(C(C)C)C2)ncn1. The van der Waals surface area contributed by atoms with Gasteiger partial charge in [0.2, 0.25) is 5.88 Å². The van der Waals surface area contributed by atoms with Crippen molar-refractivity contribution in [3.63, 3.8) is 0 Å². The molecule has 1 fully saturated rings. The van der Waals surface area contributed by atoms with E-state index in [-0.39, 0.29) is 5.92 Å². The zero-order valence-corrected chi connectivity index (χ0v) is 11.5. The van der Waals surface area contributed by atoms with Crippen LogP contribution >= 0.6 is 0 Å². The highest BCUT2D eigenvalue weighted by molar-refractivity contribution is 5.77. The average molecular weight is 265 g/mol. The first-order valence-electron chi connectivity index (χ1n) is 6.34. The molecule has 6 heteroatoms. The van der Waals surface area contributed by atoms with Gasteiger partial charge in [0, 0.05) is 19.2 Å². The average Bonchev–Trinajstić information content (AvgIpc) is 2.85. The van der Waals surface area contributed by atoms with Gasteiger partial charge in [-0.15, -0.1) is 0 Å². The first-order chi connectivity index (χ1) is 8.99. The van der Waals surface area contributed by atoms with E-state index in [4.69, 9.17) is 4.74 Å². The molecule has 2 heterocycles. The molecule has 1 unspecified atom stereocenters. The molecule has 1 aliphatic heterocycles. The van der Waals surface area contributed by atoms with E-state index in [1.165, 1.54) is 6.33 Å². The molecule has 104 valence electrons. The first kappa shape index (κ1) is 13.6. The minimum Gasteiger partial charge on any atom is -0.481 e. The number of aromatic nitrogens is 2. The summed E-state index contributed by atoms with van der Waals surface area (Å²) in [5, 5.41) is 9.52. The second-order valence-corrected chi connectivity index (χ2v) is 5.21. The molecule has 0 aliphatic carbocycles. The van der Waals surface area contributed by atoms with Gasteiger partial charge in [-0.1, -0.05) is 13.8 Å². The summed E-state index contributed by atoms with van der Waals surface area (Å²) in [7, 11) is 1.55. The molecule has 0 aromatic carbocycles. The van der Waals surface area contributed by atoms with Crippen LogP contribution in [0.15, 0.2) is 12.4 Å². The first-order valence-corrected chi connectivity index (χ1v) is 6.34. The van der Waals surface area contributed by atoms with Crippen LogP contribution < -0.4 is 9.64 Å². The largest absolute Gasteiger partial charge is 0.481 e. The van der Waals surface area contributed by atoms with Crippen LogP contribution in [0.1, 0.15) is 20.3 Å². The van der Waals surface area contributed by atoms with E-state index >= 15 is 0 Å². The molecule has 0 saturated carbocycles. The lowest BCUT2D eigenvalue weighted by Gasteiger charge is -2.28. The molecule has 19 heavy (non-hydrogen) atoms. The van der Waals surface area contributed by atoms with Crippen LogP contribution in [0.25, 0.3) is 0 Å². The molecule has 0 bridgehead atoms. The summed E-state index contributed by atoms with van der Waals surface area (Å²) in [5.74, 6) is 0.558. The molecule has 1 atom stereocenters. The van der Waals surface area contributed by atoms with E-state index in [0.717, 1.165) is 5.82 Å². The van der Waals surface area contributed by atoms with Gasteiger partial charge < -0.3 is 14.7 Å². The van der Waals surface area contributed by atoms with Gasteiger partial charge in [-0.3, -0.25) is 4.79 Å². The fourth-order valence-electron chi connectivity index (χ4n) is 2.54. The van der Waals surface area contributed by atoms with E-state index in [1.54, 1.807) is 13.2 Å². The lowest BCUT2D eigenvalue weighted by molar-refractivity contribution is -0.150. The number of anilines is 1. The third-order valence-electron chi connectivity index (χ3n) is 3.99. The second-order valence-electron chi connectivity index (χ2n) is 5.21. The van der Waals surface area contributed by atoms with Crippen LogP contribution in [0.4, 0.5) is 5.82 Å². The smallest absolute Gasteiger partial charge is 0.311 e. The van der Waals surface area contributed by atoms with Gasteiger partial charge >= 0.3 is 5.97 Å². The standard InChI is InChI=1S/C13H19N3O3/c1-9(2)13(12(17)18)4-5-16(7-13)10-6-11(19-3)15-8-14-10/h6,8-9H,4-5,7H2,1-3H3,(H,17,18). The van der Waals surface area contributed by atoms with E-state index in [1.807, 2.05) is 18.7 Å². The molecular weight excluding hydrogens is 246 g/mol. The number of aliphatic carboxylic acids is 1. The Morgan fingerprint density at radius 1 is 1.53 bits per heavy atom. The Morgan fingerprint density at radius 3 is 2.79 bits per heavy atom. The highest BCUT2D eigenvalue weighted by Gasteiger charge is 2.47. The number of hydrogen-bond donors (Lipinski definition) is 1. The summed E-state index contributed by atoms with van der Waals surface area (Å²) in [5.41, 5.74) is -0.696. The summed E-state index contributed by atoms with van der Waals surface area (Å²) >= 11 is 0. The number of ether oxygens (including phenoxy) is 1. The Labute approximate surface area is 112 Å². The molecule has 0 spiro atoms. The molecule has 1 aromatic heterocycles. The summed E-state index contributed by atoms with van der Waals surface area (Å²) in [6, 6.07) is 1.73. The molecule has 1 aromatic rings. The number of rotatable bonds is 4. The minimum atomic E-state index is -0.731. The van der Waals surface area contributed by atoms with Gasteiger partial charge in [0.25, 0.3) is 0 Å². The Hall–Kier alpha value is -1.85. The van der Waals surface area contributed by atoms with Crippen LogP contribution in [0.3, 0.4) is 0 Å². The predicted molar refractivity (Wildman–Crippen MR) is 70.3 cm³/mol. The number of nitrogens with zero attached hydrogens (tertiary/aromatic N) is 3. The summed E-state index contributed by atoms with van der Waals surface area (Å²) in [6.07, 6.45) is 2.07. The maximum absolute atomic E-state index is 11.6. The molecule has 1 N–H and O–H groups in total. The van der Waals surface area contributed by atoms with Crippen molar-refractivity contribution in [2.45, 2.75) is 20.3 Å². The summed E-state index contributed by atoms with van der Waals surface area (Å²) in [6.45, 7) is 5.07. The zero-order valence-electron chi connectivity index (χ0n) is 11.5. The van der Waals surface area contributed by atoms with E-state index in [2.05, 4.69) is 9.97 Å². The number of carboxylic acids is 1. The number of methoxy groups -OCH3 is 1. The van der Waals surface area contributed by atoms with Gasteiger partial charge in [0.05, 0.1) is 12.5 Å². The summed E-state index contributed by atoms with van der Waals surface area (Å²) < 4.78 is 5.07. The van der Waals surface area contributed by atoms with Gasteiger partial charge in [-0.25, -0.2) is 9.97 Å². The van der Waals surface area contributed by atoms with Crippen LogP contribution in [-0.4, -0.2) is 41.2 Å². The molecular formula is C13H19N3O3. The maximum Gasteiger partial charge on any atom is 0.311 e. The molecule has 0 amide bonds. The third kappa shape index (κ3) is 2.34. The van der Waals surface area contributed by atoms with Crippen molar-refractivity contribution in [1.82, 2.24) is 9.97 Å². The Balaban J connectivity index is 2.23. The third-order valence-corrected chi connectivity index (χ3v) is 3.99. The van der Waals surface area contributed by atoms with E-state index in [0.29, 0.717) is 25.4 Å². The van der Waals surface area contributed by atoms with E-state index in [9.17, 15) is 9.90 Å². The fraction of sp³-hybridized carbons (Fsp3) is 0.615. The second kappa shape index (κ2) is 5.03. The molecule has 0 radical (unpaired) electrons. The van der Waals surface area contributed by atoms with Crippen molar-refractivity contribution in [1.29, 1.82) is 0 Å². The minimum absolute atomic E-state index is 0.0822. The van der Waals surface area contributed by atoms with Crippen molar-refractivity contribution in [3.05, 3.63) is 12.4 Å². The molecule has 6 nitrogen and oxygen atoms in total. The van der Waals surface area contributed by atoms with Gasteiger partial charge in [0.1, 0.15) is 12.1 Å². The highest BCUT2D eigenvalue weighted by Crippen LogP contribution is 2.39. The van der Waals surface area contributed by atoms with Crippen molar-refractivity contribution in [2.24, 2.45) is 11.3 Å². The number of carbonyl (C=O) groups is 1. The Morgan fingerprint density at radius 2 is 2.26 bits per heavy atom. The van der Waals surface area contributed by atoms with Gasteiger partial charge in [-0.2, -0.15) is 0 Å². The van der Waals surface area contributed by atoms with Crippen LogP contribution in [0, 0.1) is 11.3 Å². The van der Waals surface area contributed by atoms with Crippen LogP contribution in [0.2, 0.25) is 0 Å². The zero-order chi connectivity index (χ0) is 14.0. The predicted octanol–water partition coefficient (Wildman–Crippen LogP) is 1.42. The lowest BCUT2D eigenvalue weighted by Crippen LogP contribution is -2.39. The number of carboxylic acid groups (broad SMARTS) is 1. The van der Waals surface area contributed by atoms with Gasteiger partial charge in [-0.05, 0) is 12.3 Å². The Kier molecular flexibility index (Phi) is 3.59. The fourth-order valence-corrected chi connectivity index (χ4v) is 2.54. The Bertz CT molecular complexity index is 478. The summed E-state index contributed by atoms with van der Waals surface area (Å²) in [4.78, 5) is 21.7. The topological polar surface area (TPSA) is 75.5 Å². The lowest BCUT2D eigenvalue weighted by atomic mass is 9.76. The van der Waals surface area contributed by atoms with Crippen molar-refractivity contribution < 1.29 is 14.6 Å². The van der Waals surface area contributed by atoms with Gasteiger partial charge in [0.15, 0.2) is 0 Å². The highest BCUT2D eigenvalue weighted by atomic mass is 16.5.